The van der Waals surface area contributed by atoms with Crippen molar-refractivity contribution in [3.8, 4) is 61.8 Å². The van der Waals surface area contributed by atoms with Gasteiger partial charge in [-0.1, -0.05) is 217 Å². The molecule has 0 saturated carbocycles. The maximum absolute atomic E-state index is 9.98. The van der Waals surface area contributed by atoms with Gasteiger partial charge in [0.1, 0.15) is 24.0 Å². The molecule has 0 fully saturated rings. The summed E-state index contributed by atoms with van der Waals surface area (Å²) in [5, 5.41) is 0.751. The lowest BCUT2D eigenvalue weighted by Gasteiger charge is -2.43. The molecule has 5 heteroatoms. The van der Waals surface area contributed by atoms with Crippen molar-refractivity contribution in [1.29, 1.82) is 0 Å². The SMILES string of the molecule is [2H]c1c([2H])c(-c2cc(C(C)(C)C)cc(-c3cc(C(C)(C)C)cc(C(C)(C)C)c3)c2N2CN(c3cccc(Oc4ccc5c6c([2H])c([2H])c([2H])c([2H])c6n(-c6cc(C([2H])([2H])[2H])c(-c7cccc8c7C(C)(C)CCC8(C)C)cn6)c5c4)c3)c3ccccc32)c([2H])c([2H])c1-c1ccccc1. The normalized spacial score (nSPS) is 16.8. The molecule has 0 bridgehead atoms. The summed E-state index contributed by atoms with van der Waals surface area (Å²) in [4.78, 5) is 9.47. The highest BCUT2D eigenvalue weighted by molar-refractivity contribution is 6.09. The molecule has 13 rings (SSSR count). The highest BCUT2D eigenvalue weighted by atomic mass is 16.5. The Balaban J connectivity index is 0.963. The van der Waals surface area contributed by atoms with Crippen LogP contribution in [0.4, 0.5) is 22.7 Å². The zero-order valence-electron chi connectivity index (χ0n) is 62.8. The van der Waals surface area contributed by atoms with E-state index in [9.17, 15) is 8.22 Å². The molecule has 0 saturated heterocycles. The molecule has 0 amide bonds. The van der Waals surface area contributed by atoms with Crippen LogP contribution in [0.25, 0.3) is 72.1 Å². The van der Waals surface area contributed by atoms with Crippen molar-refractivity contribution in [3.63, 3.8) is 0 Å². The number of nitrogens with zero attached hydrogens (tertiary/aromatic N) is 4. The molecule has 0 spiro atoms. The Kier molecular flexibility index (Phi) is 10.8. The number of pyridine rings is 1. The molecule has 0 atom stereocenters. The Morgan fingerprint density at radius 2 is 1.10 bits per heavy atom. The molecule has 2 aliphatic rings. The highest BCUT2D eigenvalue weighted by Gasteiger charge is 2.39. The van der Waals surface area contributed by atoms with Gasteiger partial charge in [-0.15, -0.1) is 0 Å². The summed E-state index contributed by atoms with van der Waals surface area (Å²) in [6.45, 7) is 26.3. The van der Waals surface area contributed by atoms with Gasteiger partial charge >= 0.3 is 0 Å². The average molecular weight is 1140 g/mol. The fraction of sp³-hybridized carbons (Fsp3) is 0.272. The summed E-state index contributed by atoms with van der Waals surface area (Å²) in [5.41, 5.74) is 12.8. The maximum atomic E-state index is 9.98. The third-order valence-electron chi connectivity index (χ3n) is 17.9. The van der Waals surface area contributed by atoms with E-state index in [1.54, 1.807) is 35.0 Å². The van der Waals surface area contributed by atoms with Gasteiger partial charge in [0.05, 0.1) is 39.1 Å². The second-order valence-electron chi connectivity index (χ2n) is 28.0. The molecule has 0 radical (unpaired) electrons. The monoisotopic (exact) mass is 1140 g/mol. The Morgan fingerprint density at radius 1 is 0.488 bits per heavy atom. The predicted octanol–water partition coefficient (Wildman–Crippen LogP) is 22.4. The van der Waals surface area contributed by atoms with Crippen LogP contribution in [0.3, 0.4) is 0 Å². The number of hydrogen-bond acceptors (Lipinski definition) is 4. The zero-order chi connectivity index (χ0) is 69.7. The molecule has 9 aromatic carbocycles. The number of anilines is 4. The molecule has 1 aliphatic carbocycles. The molecule has 2 aromatic heterocycles. The van der Waals surface area contributed by atoms with E-state index in [1.807, 2.05) is 78.9 Å². The van der Waals surface area contributed by atoms with Crippen LogP contribution in [0.5, 0.6) is 11.5 Å². The van der Waals surface area contributed by atoms with Crippen molar-refractivity contribution in [2.45, 2.75) is 137 Å². The van der Waals surface area contributed by atoms with E-state index in [2.05, 4.69) is 148 Å². The van der Waals surface area contributed by atoms with Crippen LogP contribution in [-0.4, -0.2) is 16.2 Å². The first-order chi connectivity index (χ1) is 45.5. The minimum atomic E-state index is -2.62. The number of fused-ring (bicyclic) bond motifs is 5. The van der Waals surface area contributed by atoms with Crippen LogP contribution in [0.15, 0.2) is 206 Å². The molecule has 86 heavy (non-hydrogen) atoms. The quantitative estimate of drug-likeness (QED) is 0.144. The molecule has 11 aromatic rings. The predicted molar refractivity (Wildman–Crippen MR) is 365 cm³/mol. The number of aryl methyl sites for hydroxylation is 1. The fourth-order valence-corrected chi connectivity index (χ4v) is 12.8. The summed E-state index contributed by atoms with van der Waals surface area (Å²) in [5.74, 6) is 1.01. The first-order valence-electron chi connectivity index (χ1n) is 35.6. The molecule has 1 aliphatic heterocycles. The van der Waals surface area contributed by atoms with E-state index in [-0.39, 0.29) is 98.0 Å². The molecule has 432 valence electrons. The Labute approximate surface area is 526 Å². The summed E-state index contributed by atoms with van der Waals surface area (Å²) in [7, 11) is 0. The van der Waals surface area contributed by atoms with E-state index < -0.39 is 24.4 Å². The number of aromatic nitrogens is 2. The third-order valence-corrected chi connectivity index (χ3v) is 17.9. The van der Waals surface area contributed by atoms with E-state index >= 15 is 0 Å². The number of para-hydroxylation sites is 3. The smallest absolute Gasteiger partial charge is 0.137 e. The first kappa shape index (κ1) is 44.8. The number of ether oxygens (including phenoxy) is 1. The Bertz CT molecular complexity index is 4980. The Hall–Kier alpha value is -8.67. The standard InChI is InChI=1S/C81H82N4O/c1-52-42-74(82-50-68(52)65-29-23-30-69-75(65)81(13,14)41-40-80(69,11)12)85-70-31-19-18-28-63(70)64-39-38-62(49-73(64)85)86-61-27-22-26-60(48-61)83-51-84(72-33-21-20-32-71(72)83)76-66(55-36-34-54(35-37-55)53-24-16-15-17-25-53)46-59(79(8,9)10)47-67(76)56-43-57(77(2,3)4)45-58(44-56)78(5,6)7/h15-39,42-50H,40-41,51H2,1-14H3/i1D3,18D,19D,28D,31D,34D,35D,36D,37D. The van der Waals surface area contributed by atoms with Gasteiger partial charge in [0, 0.05) is 55.6 Å². The first-order valence-corrected chi connectivity index (χ1v) is 30.1. The van der Waals surface area contributed by atoms with Crippen LogP contribution >= 0.6 is 0 Å². The average Bonchev–Trinajstić information content (AvgIpc) is 1.70. The van der Waals surface area contributed by atoms with Gasteiger partial charge in [0.2, 0.25) is 0 Å². The molecule has 5 nitrogen and oxygen atoms in total. The molecule has 0 N–H and O–H groups in total. The lowest BCUT2D eigenvalue weighted by Crippen LogP contribution is -2.34. The molecule has 0 unspecified atom stereocenters. The second kappa shape index (κ2) is 20.8. The van der Waals surface area contributed by atoms with Gasteiger partial charge in [0.25, 0.3) is 0 Å². The maximum Gasteiger partial charge on any atom is 0.137 e. The summed E-state index contributed by atoms with van der Waals surface area (Å²) < 4.78 is 111. The van der Waals surface area contributed by atoms with Crippen molar-refractivity contribution in [1.82, 2.24) is 9.55 Å². The Morgan fingerprint density at radius 3 is 1.80 bits per heavy atom. The largest absolute Gasteiger partial charge is 0.457 e. The highest BCUT2D eigenvalue weighted by Crippen LogP contribution is 2.54. The minimum Gasteiger partial charge on any atom is -0.457 e. The zero-order valence-corrected chi connectivity index (χ0v) is 51.8. The van der Waals surface area contributed by atoms with Crippen molar-refractivity contribution < 1.29 is 19.8 Å². The lowest BCUT2D eigenvalue weighted by molar-refractivity contribution is 0.333. The van der Waals surface area contributed by atoms with Gasteiger partial charge in [-0.3, -0.25) is 4.57 Å². The molecular formula is C81H82N4O. The fourth-order valence-electron chi connectivity index (χ4n) is 12.8. The molecular weight excluding hydrogens is 1040 g/mol. The summed E-state index contributed by atoms with van der Waals surface area (Å²) in [6.07, 6.45) is 3.50. The van der Waals surface area contributed by atoms with E-state index in [4.69, 9.17) is 16.6 Å². The van der Waals surface area contributed by atoms with E-state index in [1.165, 1.54) is 5.56 Å². The second-order valence-corrected chi connectivity index (χ2v) is 28.0. The van der Waals surface area contributed by atoms with E-state index in [0.29, 0.717) is 39.1 Å². The van der Waals surface area contributed by atoms with Crippen LogP contribution in [0, 0.1) is 6.85 Å². The summed E-state index contributed by atoms with van der Waals surface area (Å²) in [6, 6.07) is 47.3. The van der Waals surface area contributed by atoms with Crippen molar-refractivity contribution in [2.24, 2.45) is 0 Å². The van der Waals surface area contributed by atoms with Crippen molar-refractivity contribution in [2.75, 3.05) is 16.5 Å². The van der Waals surface area contributed by atoms with Crippen LogP contribution in [0.2, 0.25) is 0 Å². The number of rotatable bonds is 9. The van der Waals surface area contributed by atoms with Gasteiger partial charge < -0.3 is 14.5 Å². The number of hydrogen-bond donors (Lipinski definition) is 0. The van der Waals surface area contributed by atoms with E-state index in [0.717, 1.165) is 74.5 Å². The van der Waals surface area contributed by atoms with Gasteiger partial charge in [-0.25, -0.2) is 4.98 Å². The van der Waals surface area contributed by atoms with Gasteiger partial charge in [0.15, 0.2) is 0 Å². The minimum absolute atomic E-state index is 0.0646. The lowest BCUT2D eigenvalue weighted by atomic mass is 9.61. The van der Waals surface area contributed by atoms with Crippen LogP contribution < -0.4 is 14.5 Å². The topological polar surface area (TPSA) is 33.5 Å². The van der Waals surface area contributed by atoms with Crippen LogP contribution in [-0.2, 0) is 27.1 Å². The van der Waals surface area contributed by atoms with Gasteiger partial charge in [-0.2, -0.15) is 0 Å². The van der Waals surface area contributed by atoms with Gasteiger partial charge in [-0.05, 0) is 169 Å². The number of benzene rings is 9. The molecule has 3 heterocycles. The third kappa shape index (κ3) is 10.2. The summed E-state index contributed by atoms with van der Waals surface area (Å²) >= 11 is 0. The van der Waals surface area contributed by atoms with Crippen molar-refractivity contribution in [3.05, 3.63) is 240 Å². The van der Waals surface area contributed by atoms with Crippen molar-refractivity contribution >= 4 is 44.6 Å². The van der Waals surface area contributed by atoms with Crippen LogP contribution in [0.1, 0.15) is 151 Å².